The third kappa shape index (κ3) is 3.41. The Labute approximate surface area is 116 Å². The molecule has 88 valence electrons. The number of hydrogen-bond acceptors (Lipinski definition) is 0. The van der Waals surface area contributed by atoms with Crippen molar-refractivity contribution in [1.82, 2.24) is 0 Å². The Morgan fingerprint density at radius 1 is 0.647 bits per heavy atom. The predicted molar refractivity (Wildman–Crippen MR) is 78.0 cm³/mol. The first kappa shape index (κ1) is 13.3. The van der Waals surface area contributed by atoms with Gasteiger partial charge in [-0.3, -0.25) is 0 Å². The number of halogens is 3. The summed E-state index contributed by atoms with van der Waals surface area (Å²) in [5.74, 6) is 0. The molecule has 17 heavy (non-hydrogen) atoms. The normalized spacial score (nSPS) is 11.8. The molecule has 0 unspecified atom stereocenters. The standard InChI is InChI=1S/C13H11Cl3Ge/c14-17(15,16)13(11-7-3-1-4-8-11)12-9-5-2-6-10-12/h1-10,13H. The number of rotatable bonds is 3. The van der Waals surface area contributed by atoms with Crippen molar-refractivity contribution >= 4 is 40.5 Å². The monoisotopic (exact) mass is 346 g/mol. The Morgan fingerprint density at radius 3 is 1.29 bits per heavy atom. The second-order valence-electron chi connectivity index (χ2n) is 3.80. The summed E-state index contributed by atoms with van der Waals surface area (Å²) in [6.45, 7) is 0. The van der Waals surface area contributed by atoms with Gasteiger partial charge in [-0.15, -0.1) is 0 Å². The molecule has 0 atom stereocenters. The van der Waals surface area contributed by atoms with Gasteiger partial charge < -0.3 is 0 Å². The van der Waals surface area contributed by atoms with E-state index < -0.39 is 10.5 Å². The van der Waals surface area contributed by atoms with E-state index in [0.717, 1.165) is 11.1 Å². The minimum atomic E-state index is -3.37. The van der Waals surface area contributed by atoms with Gasteiger partial charge in [0, 0.05) is 0 Å². The molecule has 4 heteroatoms. The van der Waals surface area contributed by atoms with Crippen molar-refractivity contribution in [2.24, 2.45) is 0 Å². The van der Waals surface area contributed by atoms with Crippen LogP contribution >= 0.6 is 30.0 Å². The van der Waals surface area contributed by atoms with E-state index in [-0.39, 0.29) is 4.75 Å². The first-order chi connectivity index (χ1) is 8.09. The summed E-state index contributed by atoms with van der Waals surface area (Å²) >= 11 is 0. The summed E-state index contributed by atoms with van der Waals surface area (Å²) in [6.07, 6.45) is 0. The van der Waals surface area contributed by atoms with Crippen molar-refractivity contribution in [3.05, 3.63) is 71.8 Å². The van der Waals surface area contributed by atoms with E-state index in [0.29, 0.717) is 0 Å². The zero-order valence-electron chi connectivity index (χ0n) is 8.98. The van der Waals surface area contributed by atoms with E-state index in [4.69, 9.17) is 30.0 Å². The second kappa shape index (κ2) is 5.66. The van der Waals surface area contributed by atoms with Gasteiger partial charge in [-0.05, 0) is 0 Å². The molecule has 2 rings (SSSR count). The predicted octanol–water partition coefficient (Wildman–Crippen LogP) is 5.01. The Kier molecular flexibility index (Phi) is 4.43. The molecule has 0 heterocycles. The molecule has 2 aromatic rings. The first-order valence-electron chi connectivity index (χ1n) is 5.25. The van der Waals surface area contributed by atoms with Gasteiger partial charge in [0.2, 0.25) is 0 Å². The number of hydrogen-bond donors (Lipinski definition) is 0. The molecule has 0 spiro atoms. The molecular formula is C13H11Cl3Ge. The van der Waals surface area contributed by atoms with Crippen LogP contribution in [0.3, 0.4) is 0 Å². The summed E-state index contributed by atoms with van der Waals surface area (Å²) in [7, 11) is 15.5. The first-order valence-corrected chi connectivity index (χ1v) is 14.7. The van der Waals surface area contributed by atoms with Crippen LogP contribution < -0.4 is 0 Å². The molecule has 0 aliphatic carbocycles. The Hall–Kier alpha value is -0.147. The van der Waals surface area contributed by atoms with E-state index in [1.807, 2.05) is 60.7 Å². The average Bonchev–Trinajstić information content (AvgIpc) is 2.30. The molecular weight excluding hydrogens is 335 g/mol. The zero-order chi connectivity index (χ0) is 12.3. The summed E-state index contributed by atoms with van der Waals surface area (Å²) in [4.78, 5) is 0. The van der Waals surface area contributed by atoms with Gasteiger partial charge in [-0.1, -0.05) is 0 Å². The van der Waals surface area contributed by atoms with Crippen LogP contribution in [0.25, 0.3) is 0 Å². The third-order valence-corrected chi connectivity index (χ3v) is 8.77. The van der Waals surface area contributed by atoms with Crippen LogP contribution in [0.2, 0.25) is 0 Å². The molecule has 0 aliphatic rings. The van der Waals surface area contributed by atoms with Crippen LogP contribution in [0.15, 0.2) is 60.7 Å². The topological polar surface area (TPSA) is 0 Å². The van der Waals surface area contributed by atoms with Crippen molar-refractivity contribution < 1.29 is 0 Å². The molecule has 0 radical (unpaired) electrons. The molecule has 0 N–H and O–H groups in total. The van der Waals surface area contributed by atoms with E-state index in [2.05, 4.69) is 0 Å². The van der Waals surface area contributed by atoms with Gasteiger partial charge in [-0.25, -0.2) is 0 Å². The Bertz CT molecular complexity index is 426. The summed E-state index contributed by atoms with van der Waals surface area (Å²) in [6, 6.07) is 19.9. The minimum absolute atomic E-state index is 0.0672. The molecule has 0 bridgehead atoms. The average molecular weight is 346 g/mol. The van der Waals surface area contributed by atoms with Crippen LogP contribution in [0.5, 0.6) is 0 Å². The number of benzene rings is 2. The second-order valence-corrected chi connectivity index (χ2v) is 19.6. The third-order valence-electron chi connectivity index (χ3n) is 2.59. The SMILES string of the molecule is [Cl][Ge]([Cl])([Cl])[CH](c1ccccc1)c1ccccc1. The maximum atomic E-state index is 6.29. The van der Waals surface area contributed by atoms with Crippen LogP contribution in [-0.2, 0) is 0 Å². The molecule has 2 aromatic carbocycles. The molecule has 0 saturated carbocycles. The van der Waals surface area contributed by atoms with Crippen LogP contribution in [0, 0.1) is 0 Å². The summed E-state index contributed by atoms with van der Waals surface area (Å²) < 4.78 is -0.0672. The fraction of sp³-hybridized carbons (Fsp3) is 0.0769. The molecule has 0 amide bonds. The van der Waals surface area contributed by atoms with Gasteiger partial charge in [0.1, 0.15) is 0 Å². The molecule has 0 aromatic heterocycles. The summed E-state index contributed by atoms with van der Waals surface area (Å²) in [5.41, 5.74) is 2.16. The van der Waals surface area contributed by atoms with E-state index in [9.17, 15) is 0 Å². The van der Waals surface area contributed by atoms with Gasteiger partial charge >= 0.3 is 117 Å². The van der Waals surface area contributed by atoms with Gasteiger partial charge in [-0.2, -0.15) is 0 Å². The molecule has 0 saturated heterocycles. The Balaban J connectivity index is 2.48. The van der Waals surface area contributed by atoms with Crippen molar-refractivity contribution in [1.29, 1.82) is 0 Å². The molecule has 0 nitrogen and oxygen atoms in total. The summed E-state index contributed by atoms with van der Waals surface area (Å²) in [5, 5.41) is 0. The van der Waals surface area contributed by atoms with E-state index in [1.165, 1.54) is 0 Å². The van der Waals surface area contributed by atoms with Gasteiger partial charge in [0.15, 0.2) is 0 Å². The van der Waals surface area contributed by atoms with Crippen molar-refractivity contribution in [3.8, 4) is 0 Å². The van der Waals surface area contributed by atoms with Crippen molar-refractivity contribution in [2.45, 2.75) is 4.75 Å². The van der Waals surface area contributed by atoms with Crippen LogP contribution in [0.4, 0.5) is 0 Å². The van der Waals surface area contributed by atoms with E-state index >= 15 is 0 Å². The van der Waals surface area contributed by atoms with E-state index in [1.54, 1.807) is 0 Å². The van der Waals surface area contributed by atoms with Crippen LogP contribution in [0.1, 0.15) is 15.9 Å². The fourth-order valence-electron chi connectivity index (χ4n) is 1.86. The van der Waals surface area contributed by atoms with Crippen molar-refractivity contribution in [3.63, 3.8) is 0 Å². The van der Waals surface area contributed by atoms with Gasteiger partial charge in [0.25, 0.3) is 0 Å². The molecule has 0 fully saturated rings. The zero-order valence-corrected chi connectivity index (χ0v) is 13.4. The van der Waals surface area contributed by atoms with Gasteiger partial charge in [0.05, 0.1) is 0 Å². The maximum absolute atomic E-state index is 6.29. The van der Waals surface area contributed by atoms with Crippen LogP contribution in [-0.4, -0.2) is 10.5 Å². The Morgan fingerprint density at radius 2 is 1.00 bits per heavy atom. The quantitative estimate of drug-likeness (QED) is 0.685. The fourth-order valence-corrected chi connectivity index (χ4v) is 8.18. The molecule has 0 aliphatic heterocycles. The van der Waals surface area contributed by atoms with Crippen molar-refractivity contribution in [2.75, 3.05) is 0 Å².